The second-order valence-corrected chi connectivity index (χ2v) is 6.48. The van der Waals surface area contributed by atoms with Crippen molar-refractivity contribution < 1.29 is 13.2 Å². The quantitative estimate of drug-likeness (QED) is 0.732. The lowest BCUT2D eigenvalue weighted by Crippen LogP contribution is -2.44. The normalized spacial score (nSPS) is 13.2. The third-order valence-corrected chi connectivity index (χ3v) is 4.13. The van der Waals surface area contributed by atoms with E-state index in [1.807, 2.05) is 0 Å². The molecule has 0 aliphatic rings. The molecular weight excluding hydrogens is 263 g/mol. The lowest BCUT2D eigenvalue weighted by molar-refractivity contribution is -0.115. The van der Waals surface area contributed by atoms with Gasteiger partial charge in [0.05, 0.1) is 17.8 Å². The van der Waals surface area contributed by atoms with E-state index in [9.17, 15) is 13.2 Å². The van der Waals surface area contributed by atoms with E-state index in [1.165, 1.54) is 6.92 Å². The lowest BCUT2D eigenvalue weighted by atomic mass is 10.1. The van der Waals surface area contributed by atoms with Gasteiger partial charge in [-0.25, -0.2) is 13.1 Å². The zero-order chi connectivity index (χ0) is 12.3. The van der Waals surface area contributed by atoms with E-state index in [-0.39, 0.29) is 18.1 Å². The van der Waals surface area contributed by atoms with Crippen LogP contribution in [0.15, 0.2) is 0 Å². The summed E-state index contributed by atoms with van der Waals surface area (Å²) in [5.74, 6) is -0.551. The van der Waals surface area contributed by atoms with Gasteiger partial charge in [-0.2, -0.15) is 0 Å². The van der Waals surface area contributed by atoms with Crippen LogP contribution < -0.4 is 4.72 Å². The minimum Gasteiger partial charge on any atom is -0.299 e. The van der Waals surface area contributed by atoms with E-state index in [0.29, 0.717) is 0 Å². The van der Waals surface area contributed by atoms with Gasteiger partial charge in [0, 0.05) is 0 Å². The standard InChI is InChI=1S/C7H14Cl2N2O3S/c1-6(12)4-10-15(13,14)5-7(2,3)11(8)9/h10H,4-5H2,1-3H3. The van der Waals surface area contributed by atoms with Crippen molar-refractivity contribution in [3.63, 3.8) is 0 Å². The van der Waals surface area contributed by atoms with Crippen LogP contribution in [0.3, 0.4) is 0 Å². The van der Waals surface area contributed by atoms with Crippen LogP contribution in [-0.4, -0.2) is 36.0 Å². The Morgan fingerprint density at radius 2 is 1.87 bits per heavy atom. The molecule has 0 amide bonds. The lowest BCUT2D eigenvalue weighted by Gasteiger charge is -2.26. The Labute approximate surface area is 100.0 Å². The number of Topliss-reactive ketones (excluding diaryl/α,β-unsaturated/α-hetero) is 1. The summed E-state index contributed by atoms with van der Waals surface area (Å²) in [6.45, 7) is 4.21. The summed E-state index contributed by atoms with van der Waals surface area (Å²) < 4.78 is 25.8. The highest BCUT2D eigenvalue weighted by molar-refractivity contribution is 7.89. The fourth-order valence-electron chi connectivity index (χ4n) is 0.776. The molecule has 15 heavy (non-hydrogen) atoms. The zero-order valence-electron chi connectivity index (χ0n) is 8.75. The number of hydrogen-bond acceptors (Lipinski definition) is 4. The summed E-state index contributed by atoms with van der Waals surface area (Å²) >= 11 is 11.0. The molecule has 0 heterocycles. The number of carbonyl (C=O) groups is 1. The molecule has 0 aromatic carbocycles. The van der Waals surface area contributed by atoms with Crippen LogP contribution in [0.5, 0.6) is 0 Å². The van der Waals surface area contributed by atoms with Crippen molar-refractivity contribution in [1.29, 1.82) is 0 Å². The third-order valence-electron chi connectivity index (χ3n) is 1.54. The van der Waals surface area contributed by atoms with Crippen molar-refractivity contribution in [3.8, 4) is 0 Å². The largest absolute Gasteiger partial charge is 0.299 e. The molecule has 0 radical (unpaired) electrons. The maximum Gasteiger partial charge on any atom is 0.213 e. The van der Waals surface area contributed by atoms with Crippen molar-refractivity contribution in [2.75, 3.05) is 12.3 Å². The topological polar surface area (TPSA) is 66.5 Å². The summed E-state index contributed by atoms with van der Waals surface area (Å²) in [5, 5.41) is 0. The number of ketones is 1. The fraction of sp³-hybridized carbons (Fsp3) is 0.857. The average molecular weight is 277 g/mol. The molecule has 90 valence electrons. The molecule has 8 heteroatoms. The summed E-state index contributed by atoms with van der Waals surface area (Å²) in [5.41, 5.74) is -0.925. The third kappa shape index (κ3) is 6.32. The van der Waals surface area contributed by atoms with Crippen LogP contribution in [0.4, 0.5) is 0 Å². The van der Waals surface area contributed by atoms with E-state index in [0.717, 1.165) is 3.94 Å². The predicted molar refractivity (Wildman–Crippen MR) is 60.1 cm³/mol. The van der Waals surface area contributed by atoms with E-state index in [1.54, 1.807) is 13.8 Å². The van der Waals surface area contributed by atoms with E-state index < -0.39 is 15.6 Å². The van der Waals surface area contributed by atoms with Gasteiger partial charge in [-0.3, -0.25) is 4.79 Å². The van der Waals surface area contributed by atoms with Gasteiger partial charge in [0.1, 0.15) is 5.78 Å². The molecule has 0 fully saturated rings. The molecule has 5 nitrogen and oxygen atoms in total. The highest BCUT2D eigenvalue weighted by atomic mass is 35.5. The Balaban J connectivity index is 4.45. The highest BCUT2D eigenvalue weighted by Crippen LogP contribution is 2.21. The van der Waals surface area contributed by atoms with Crippen LogP contribution in [0.2, 0.25) is 0 Å². The van der Waals surface area contributed by atoms with Crippen molar-refractivity contribution in [3.05, 3.63) is 0 Å². The number of halogens is 2. The molecule has 0 aliphatic heterocycles. The Hall–Kier alpha value is 0.120. The Morgan fingerprint density at radius 1 is 1.40 bits per heavy atom. The minimum absolute atomic E-state index is 0.219. The van der Waals surface area contributed by atoms with Gasteiger partial charge < -0.3 is 0 Å². The molecular formula is C7H14Cl2N2O3S. The summed E-state index contributed by atoms with van der Waals surface area (Å²) in [4.78, 5) is 10.6. The molecule has 0 spiro atoms. The van der Waals surface area contributed by atoms with Gasteiger partial charge in [0.2, 0.25) is 10.0 Å². The molecule has 0 saturated heterocycles. The second kappa shape index (κ2) is 5.45. The first-order valence-corrected chi connectivity index (χ1v) is 6.48. The first-order valence-electron chi connectivity index (χ1n) is 4.15. The molecule has 0 aromatic heterocycles. The Morgan fingerprint density at radius 3 is 2.20 bits per heavy atom. The average Bonchev–Trinajstić information content (AvgIpc) is 1.99. The van der Waals surface area contributed by atoms with E-state index in [4.69, 9.17) is 23.6 Å². The highest BCUT2D eigenvalue weighted by Gasteiger charge is 2.31. The van der Waals surface area contributed by atoms with Crippen LogP contribution in [0.1, 0.15) is 20.8 Å². The number of rotatable bonds is 6. The van der Waals surface area contributed by atoms with Gasteiger partial charge in [0.25, 0.3) is 0 Å². The van der Waals surface area contributed by atoms with Crippen LogP contribution in [0.25, 0.3) is 0 Å². The van der Waals surface area contributed by atoms with E-state index in [2.05, 4.69) is 4.72 Å². The van der Waals surface area contributed by atoms with Gasteiger partial charge in [-0.05, 0) is 44.3 Å². The monoisotopic (exact) mass is 276 g/mol. The molecule has 0 aliphatic carbocycles. The summed E-state index contributed by atoms with van der Waals surface area (Å²) in [7, 11) is -3.56. The summed E-state index contributed by atoms with van der Waals surface area (Å²) in [6, 6.07) is 0. The van der Waals surface area contributed by atoms with Gasteiger partial charge in [0.15, 0.2) is 0 Å². The predicted octanol–water partition coefficient (Wildman–Crippen LogP) is 0.883. The van der Waals surface area contributed by atoms with Gasteiger partial charge in [-0.15, -0.1) is 3.94 Å². The molecule has 1 N–H and O–H groups in total. The first kappa shape index (κ1) is 15.1. The number of carbonyl (C=O) groups excluding carboxylic acids is 1. The van der Waals surface area contributed by atoms with Crippen molar-refractivity contribution in [2.24, 2.45) is 0 Å². The first-order chi connectivity index (χ1) is 6.57. The molecule has 0 unspecified atom stereocenters. The number of sulfonamides is 1. The van der Waals surface area contributed by atoms with Gasteiger partial charge >= 0.3 is 0 Å². The van der Waals surface area contributed by atoms with Crippen molar-refractivity contribution in [1.82, 2.24) is 8.66 Å². The molecule has 0 aromatic rings. The van der Waals surface area contributed by atoms with Crippen LogP contribution in [0, 0.1) is 0 Å². The SMILES string of the molecule is CC(=O)CNS(=O)(=O)CC(C)(C)N(Cl)Cl. The molecule has 0 rings (SSSR count). The molecule has 0 saturated carbocycles. The number of nitrogens with zero attached hydrogens (tertiary/aromatic N) is 1. The maximum absolute atomic E-state index is 11.4. The van der Waals surface area contributed by atoms with Gasteiger partial charge in [-0.1, -0.05) is 0 Å². The minimum atomic E-state index is -3.56. The maximum atomic E-state index is 11.4. The summed E-state index contributed by atoms with van der Waals surface area (Å²) in [6.07, 6.45) is 0. The van der Waals surface area contributed by atoms with Crippen molar-refractivity contribution >= 4 is 39.4 Å². The fourth-order valence-corrected chi connectivity index (χ4v) is 2.62. The number of hydrogen-bond donors (Lipinski definition) is 1. The Kier molecular flexibility index (Phi) is 5.49. The second-order valence-electron chi connectivity index (χ2n) is 3.83. The smallest absolute Gasteiger partial charge is 0.213 e. The Bertz CT molecular complexity index is 327. The van der Waals surface area contributed by atoms with Crippen molar-refractivity contribution in [2.45, 2.75) is 26.3 Å². The van der Waals surface area contributed by atoms with Crippen LogP contribution >= 0.6 is 23.6 Å². The zero-order valence-corrected chi connectivity index (χ0v) is 11.1. The molecule has 0 atom stereocenters. The van der Waals surface area contributed by atoms with E-state index >= 15 is 0 Å². The van der Waals surface area contributed by atoms with Crippen LogP contribution in [-0.2, 0) is 14.8 Å². The molecule has 0 bridgehead atoms. The number of nitrogens with one attached hydrogen (secondary N) is 1.